The molecule has 236 valence electrons. The maximum Gasteiger partial charge on any atom is 0.413 e. The summed E-state index contributed by atoms with van der Waals surface area (Å²) in [6.45, 7) is -0.108. The molecule has 0 spiro atoms. The molecule has 0 atom stereocenters. The van der Waals surface area contributed by atoms with Crippen LogP contribution in [0, 0.1) is 0 Å². The molecule has 0 aliphatic rings. The standard InChI is InChI=1S/C30H28N8O7S/c1-43-20-8-6-18(26(13-20)44-2)17-36(30(39)40)29-22-15-32-23(21-16-33-37-11-5-10-31-28(21)37)14-25(22)38(34-29)24-9-7-19(12-27(24)45-3)35-46(4,41)42/h5-16,35H,17H2,1-4H3,(H,39,40). The average Bonchev–Trinajstić information content (AvgIpc) is 3.64. The van der Waals surface area contributed by atoms with Crippen molar-refractivity contribution in [1.29, 1.82) is 0 Å². The van der Waals surface area contributed by atoms with Crippen molar-refractivity contribution in [3.8, 4) is 34.2 Å². The summed E-state index contributed by atoms with van der Waals surface area (Å²) in [4.78, 5) is 23.0. The largest absolute Gasteiger partial charge is 0.497 e. The molecule has 0 bridgehead atoms. The fraction of sp³-hybridized carbons (Fsp3) is 0.167. The maximum absolute atomic E-state index is 12.8. The molecule has 1 amide bonds. The zero-order valence-corrected chi connectivity index (χ0v) is 25.9. The maximum atomic E-state index is 12.8. The fourth-order valence-corrected chi connectivity index (χ4v) is 5.60. The Bertz CT molecular complexity index is 2210. The van der Waals surface area contributed by atoms with Crippen molar-refractivity contribution in [3.63, 3.8) is 0 Å². The number of ether oxygens (including phenoxy) is 3. The van der Waals surface area contributed by atoms with Crippen molar-refractivity contribution in [3.05, 3.63) is 78.9 Å². The van der Waals surface area contributed by atoms with Crippen LogP contribution in [-0.4, -0.2) is 76.6 Å². The van der Waals surface area contributed by atoms with E-state index >= 15 is 0 Å². The average molecular weight is 645 g/mol. The van der Waals surface area contributed by atoms with Gasteiger partial charge in [0.1, 0.15) is 22.9 Å². The zero-order chi connectivity index (χ0) is 32.6. The molecule has 0 saturated carbocycles. The van der Waals surface area contributed by atoms with E-state index in [1.54, 1.807) is 71.8 Å². The Hall–Kier alpha value is -5.90. The zero-order valence-electron chi connectivity index (χ0n) is 25.1. The monoisotopic (exact) mass is 644 g/mol. The minimum atomic E-state index is -3.56. The van der Waals surface area contributed by atoms with Crippen molar-refractivity contribution >= 4 is 44.2 Å². The quantitative estimate of drug-likeness (QED) is 0.218. The number of nitrogens with zero attached hydrogens (tertiary/aromatic N) is 7. The first-order valence-electron chi connectivity index (χ1n) is 13.6. The number of carboxylic acid groups (broad SMARTS) is 1. The molecule has 0 aliphatic carbocycles. The van der Waals surface area contributed by atoms with Gasteiger partial charge in [0.2, 0.25) is 10.0 Å². The van der Waals surface area contributed by atoms with Crippen LogP contribution in [0.3, 0.4) is 0 Å². The summed E-state index contributed by atoms with van der Waals surface area (Å²) >= 11 is 0. The van der Waals surface area contributed by atoms with E-state index in [0.29, 0.717) is 50.6 Å². The molecule has 0 radical (unpaired) electrons. The van der Waals surface area contributed by atoms with Crippen molar-refractivity contribution < 1.29 is 32.5 Å². The molecule has 15 nitrogen and oxygen atoms in total. The molecule has 0 unspecified atom stereocenters. The number of rotatable bonds is 10. The molecule has 16 heteroatoms. The van der Waals surface area contributed by atoms with Crippen molar-refractivity contribution in [1.82, 2.24) is 29.4 Å². The molecular weight excluding hydrogens is 616 g/mol. The van der Waals surface area contributed by atoms with E-state index in [4.69, 9.17) is 19.3 Å². The number of pyridine rings is 1. The summed E-state index contributed by atoms with van der Waals surface area (Å²) in [6, 6.07) is 13.3. The van der Waals surface area contributed by atoms with Gasteiger partial charge in [-0.25, -0.2) is 27.4 Å². The van der Waals surface area contributed by atoms with Crippen LogP contribution in [0.4, 0.5) is 16.3 Å². The number of sulfonamides is 1. The van der Waals surface area contributed by atoms with Crippen LogP contribution in [0.25, 0.3) is 33.5 Å². The van der Waals surface area contributed by atoms with Crippen LogP contribution < -0.4 is 23.8 Å². The number of hydrogen-bond acceptors (Lipinski definition) is 10. The summed E-state index contributed by atoms with van der Waals surface area (Å²) in [5, 5.41) is 20.0. The Morgan fingerprint density at radius 2 is 1.80 bits per heavy atom. The second-order valence-corrected chi connectivity index (χ2v) is 11.8. The molecular formula is C30H28N8O7S. The third kappa shape index (κ3) is 5.68. The number of carbonyl (C=O) groups is 1. The normalized spacial score (nSPS) is 11.5. The lowest BCUT2D eigenvalue weighted by molar-refractivity contribution is 0.201. The fourth-order valence-electron chi connectivity index (χ4n) is 5.05. The Morgan fingerprint density at radius 3 is 2.52 bits per heavy atom. The van der Waals surface area contributed by atoms with Crippen LogP contribution in [-0.2, 0) is 16.6 Å². The predicted molar refractivity (Wildman–Crippen MR) is 170 cm³/mol. The van der Waals surface area contributed by atoms with E-state index in [1.165, 1.54) is 32.1 Å². The van der Waals surface area contributed by atoms with E-state index in [1.807, 2.05) is 0 Å². The van der Waals surface area contributed by atoms with Gasteiger partial charge in [0.25, 0.3) is 0 Å². The number of benzene rings is 2. The minimum Gasteiger partial charge on any atom is -0.497 e. The van der Waals surface area contributed by atoms with Crippen LogP contribution in [0.2, 0.25) is 0 Å². The predicted octanol–water partition coefficient (Wildman–Crippen LogP) is 4.21. The smallest absolute Gasteiger partial charge is 0.413 e. The van der Waals surface area contributed by atoms with Crippen molar-refractivity contribution in [2.45, 2.75) is 6.54 Å². The topological polar surface area (TPSA) is 175 Å². The number of amides is 1. The SMILES string of the molecule is COc1ccc(CN(C(=O)O)c2nn(-c3ccc(NS(C)(=O)=O)cc3OC)c3cc(-c4cnn5cccnc45)ncc23)c(OC)c1. The Kier molecular flexibility index (Phi) is 7.79. The highest BCUT2D eigenvalue weighted by Gasteiger charge is 2.26. The van der Waals surface area contributed by atoms with Gasteiger partial charge in [-0.05, 0) is 36.4 Å². The Morgan fingerprint density at radius 1 is 1.00 bits per heavy atom. The van der Waals surface area contributed by atoms with Crippen LogP contribution in [0.1, 0.15) is 5.56 Å². The lowest BCUT2D eigenvalue weighted by Gasteiger charge is -2.19. The van der Waals surface area contributed by atoms with Gasteiger partial charge in [0.15, 0.2) is 11.5 Å². The first-order chi connectivity index (χ1) is 22.1. The molecule has 4 aromatic heterocycles. The molecule has 46 heavy (non-hydrogen) atoms. The van der Waals surface area contributed by atoms with E-state index in [0.717, 1.165) is 11.2 Å². The van der Waals surface area contributed by atoms with Crippen molar-refractivity contribution in [2.24, 2.45) is 0 Å². The molecule has 2 aromatic carbocycles. The first kappa shape index (κ1) is 30.1. The second-order valence-electron chi connectivity index (χ2n) is 10.1. The van der Waals surface area contributed by atoms with Crippen LogP contribution in [0.5, 0.6) is 17.2 Å². The van der Waals surface area contributed by atoms with Gasteiger partial charge in [-0.3, -0.25) is 14.6 Å². The minimum absolute atomic E-state index is 0.0952. The highest BCUT2D eigenvalue weighted by atomic mass is 32.2. The van der Waals surface area contributed by atoms with Gasteiger partial charge in [-0.1, -0.05) is 0 Å². The van der Waals surface area contributed by atoms with Crippen LogP contribution >= 0.6 is 0 Å². The highest BCUT2D eigenvalue weighted by Crippen LogP contribution is 2.37. The van der Waals surface area contributed by atoms with E-state index in [9.17, 15) is 18.3 Å². The van der Waals surface area contributed by atoms with E-state index in [-0.39, 0.29) is 23.8 Å². The molecule has 4 heterocycles. The van der Waals surface area contributed by atoms with Gasteiger partial charge < -0.3 is 19.3 Å². The molecule has 0 fully saturated rings. The first-order valence-corrected chi connectivity index (χ1v) is 15.5. The van der Waals surface area contributed by atoms with Gasteiger partial charge >= 0.3 is 6.09 Å². The number of anilines is 2. The second kappa shape index (κ2) is 11.9. The number of nitrogens with one attached hydrogen (secondary N) is 1. The molecule has 6 rings (SSSR count). The lowest BCUT2D eigenvalue weighted by atomic mass is 10.1. The van der Waals surface area contributed by atoms with Gasteiger partial charge in [-0.15, -0.1) is 5.10 Å². The number of fused-ring (bicyclic) bond motifs is 2. The Balaban J connectivity index is 1.55. The number of hydrogen-bond donors (Lipinski definition) is 2. The number of aromatic nitrogens is 6. The summed E-state index contributed by atoms with van der Waals surface area (Å²) in [7, 11) is 0.893. The van der Waals surface area contributed by atoms with Crippen LogP contribution in [0.15, 0.2) is 73.3 Å². The highest BCUT2D eigenvalue weighted by molar-refractivity contribution is 7.92. The van der Waals surface area contributed by atoms with E-state index < -0.39 is 16.1 Å². The summed E-state index contributed by atoms with van der Waals surface area (Å²) in [5.74, 6) is 1.36. The molecule has 0 saturated heterocycles. The molecule has 0 aliphatic heterocycles. The van der Waals surface area contributed by atoms with Gasteiger partial charge in [0, 0.05) is 36.3 Å². The van der Waals surface area contributed by atoms with Gasteiger partial charge in [-0.2, -0.15) is 5.10 Å². The molecule has 6 aromatic rings. The molecule has 2 N–H and O–H groups in total. The van der Waals surface area contributed by atoms with Crippen molar-refractivity contribution in [2.75, 3.05) is 37.2 Å². The lowest BCUT2D eigenvalue weighted by Crippen LogP contribution is -2.29. The number of methoxy groups -OCH3 is 3. The third-order valence-electron chi connectivity index (χ3n) is 7.12. The summed E-state index contributed by atoms with van der Waals surface area (Å²) in [5.41, 5.74) is 3.50. The Labute approximate surface area is 262 Å². The third-order valence-corrected chi connectivity index (χ3v) is 7.73. The van der Waals surface area contributed by atoms with Gasteiger partial charge in [0.05, 0.1) is 68.2 Å². The van der Waals surface area contributed by atoms with E-state index in [2.05, 4.69) is 19.8 Å². The summed E-state index contributed by atoms with van der Waals surface area (Å²) in [6.07, 6.45) is 6.38. The summed E-state index contributed by atoms with van der Waals surface area (Å²) < 4.78 is 45.8.